The number of ether oxygens (including phenoxy) is 1. The maximum absolute atomic E-state index is 5.85. The van der Waals surface area contributed by atoms with Crippen molar-refractivity contribution in [1.82, 2.24) is 15.0 Å². The Bertz CT molecular complexity index is 793. The first kappa shape index (κ1) is 15.2. The molecule has 5 heteroatoms. The molecule has 0 atom stereocenters. The molecular weight excluding hydrogens is 288 g/mol. The van der Waals surface area contributed by atoms with Crippen LogP contribution in [0.3, 0.4) is 0 Å². The fourth-order valence-corrected chi connectivity index (χ4v) is 2.56. The van der Waals surface area contributed by atoms with Crippen LogP contribution < -0.4 is 10.5 Å². The van der Waals surface area contributed by atoms with Gasteiger partial charge in [0.2, 0.25) is 0 Å². The molecule has 0 radical (unpaired) electrons. The molecule has 0 bridgehead atoms. The largest absolute Gasteiger partial charge is 0.494 e. The summed E-state index contributed by atoms with van der Waals surface area (Å²) in [5.74, 6) is 0.840. The Hall–Kier alpha value is -2.66. The van der Waals surface area contributed by atoms with Gasteiger partial charge in [-0.2, -0.15) is 0 Å². The zero-order valence-corrected chi connectivity index (χ0v) is 13.4. The van der Waals surface area contributed by atoms with Gasteiger partial charge in [-0.3, -0.25) is 0 Å². The number of aryl methyl sites for hydroxylation is 1. The Kier molecular flexibility index (Phi) is 4.39. The van der Waals surface area contributed by atoms with Crippen molar-refractivity contribution in [2.75, 3.05) is 6.61 Å². The molecule has 3 rings (SSSR count). The molecule has 0 fully saturated rings. The van der Waals surface area contributed by atoms with Crippen LogP contribution in [-0.4, -0.2) is 21.6 Å². The van der Waals surface area contributed by atoms with Crippen LogP contribution in [0.1, 0.15) is 18.2 Å². The van der Waals surface area contributed by atoms with Gasteiger partial charge in [-0.25, -0.2) is 4.68 Å². The topological polar surface area (TPSA) is 66.0 Å². The molecule has 0 saturated carbocycles. The molecule has 5 nitrogen and oxygen atoms in total. The number of aromatic nitrogens is 3. The van der Waals surface area contributed by atoms with Crippen molar-refractivity contribution in [3.05, 3.63) is 59.8 Å². The van der Waals surface area contributed by atoms with Gasteiger partial charge < -0.3 is 10.5 Å². The van der Waals surface area contributed by atoms with Gasteiger partial charge in [0.05, 0.1) is 18.0 Å². The zero-order valence-electron chi connectivity index (χ0n) is 13.4. The summed E-state index contributed by atoms with van der Waals surface area (Å²) in [5, 5.41) is 8.52. The summed E-state index contributed by atoms with van der Waals surface area (Å²) in [6.07, 6.45) is 0. The number of benzene rings is 2. The fourth-order valence-electron chi connectivity index (χ4n) is 2.56. The summed E-state index contributed by atoms with van der Waals surface area (Å²) >= 11 is 0. The number of hydrogen-bond donors (Lipinski definition) is 1. The van der Waals surface area contributed by atoms with Crippen molar-refractivity contribution < 1.29 is 4.74 Å². The van der Waals surface area contributed by atoms with Crippen molar-refractivity contribution in [2.24, 2.45) is 5.73 Å². The van der Waals surface area contributed by atoms with Gasteiger partial charge in [0.15, 0.2) is 0 Å². The third kappa shape index (κ3) is 3.10. The third-order valence-corrected chi connectivity index (χ3v) is 3.62. The van der Waals surface area contributed by atoms with Crippen LogP contribution >= 0.6 is 0 Å². The molecule has 0 aliphatic rings. The quantitative estimate of drug-likeness (QED) is 0.786. The lowest BCUT2D eigenvalue weighted by atomic mass is 10.1. The minimum Gasteiger partial charge on any atom is -0.494 e. The highest BCUT2D eigenvalue weighted by Gasteiger charge is 2.15. The predicted octanol–water partition coefficient (Wildman–Crippen LogP) is 3.10. The Balaban J connectivity index is 2.08. The molecular formula is C18H20N4O. The first-order valence-electron chi connectivity index (χ1n) is 7.68. The van der Waals surface area contributed by atoms with E-state index < -0.39 is 0 Å². The number of nitrogens with zero attached hydrogens (tertiary/aromatic N) is 3. The van der Waals surface area contributed by atoms with Crippen molar-refractivity contribution in [2.45, 2.75) is 20.4 Å². The third-order valence-electron chi connectivity index (χ3n) is 3.62. The molecule has 3 aromatic rings. The lowest BCUT2D eigenvalue weighted by Crippen LogP contribution is -2.03. The molecule has 0 aliphatic heterocycles. The number of hydrogen-bond acceptors (Lipinski definition) is 4. The SMILES string of the molecule is CCOc1ccc(-n2nnc(CN)c2-c2cccc(C)c2)cc1. The van der Waals surface area contributed by atoms with Crippen LogP contribution in [0.5, 0.6) is 5.75 Å². The van der Waals surface area contributed by atoms with E-state index in [1.165, 1.54) is 5.56 Å². The molecule has 23 heavy (non-hydrogen) atoms. The summed E-state index contributed by atoms with van der Waals surface area (Å²) in [6, 6.07) is 16.1. The second-order valence-corrected chi connectivity index (χ2v) is 5.30. The smallest absolute Gasteiger partial charge is 0.119 e. The molecule has 0 saturated heterocycles. The van der Waals surface area contributed by atoms with E-state index in [4.69, 9.17) is 10.5 Å². The standard InChI is InChI=1S/C18H20N4O/c1-3-23-16-9-7-15(8-10-16)22-18(17(12-19)20-21-22)14-6-4-5-13(2)11-14/h4-11H,3,12,19H2,1-2H3. The highest BCUT2D eigenvalue weighted by atomic mass is 16.5. The molecule has 0 aliphatic carbocycles. The Morgan fingerprint density at radius 2 is 1.91 bits per heavy atom. The molecule has 0 amide bonds. The van der Waals surface area contributed by atoms with Crippen LogP contribution in [-0.2, 0) is 6.54 Å². The van der Waals surface area contributed by atoms with Gasteiger partial charge in [-0.05, 0) is 44.2 Å². The molecule has 1 aromatic heterocycles. The van der Waals surface area contributed by atoms with Crippen LogP contribution in [0.2, 0.25) is 0 Å². The average Bonchev–Trinajstić information content (AvgIpc) is 3.00. The lowest BCUT2D eigenvalue weighted by Gasteiger charge is -2.10. The van der Waals surface area contributed by atoms with Gasteiger partial charge >= 0.3 is 0 Å². The Morgan fingerprint density at radius 1 is 1.13 bits per heavy atom. The van der Waals surface area contributed by atoms with Crippen molar-refractivity contribution >= 4 is 0 Å². The summed E-state index contributed by atoms with van der Waals surface area (Å²) in [5.41, 5.74) is 10.7. The number of nitrogens with two attached hydrogens (primary N) is 1. The molecule has 0 spiro atoms. The van der Waals surface area contributed by atoms with E-state index in [1.54, 1.807) is 0 Å². The van der Waals surface area contributed by atoms with Gasteiger partial charge in [-0.15, -0.1) is 5.10 Å². The van der Waals surface area contributed by atoms with E-state index in [9.17, 15) is 0 Å². The predicted molar refractivity (Wildman–Crippen MR) is 90.6 cm³/mol. The monoisotopic (exact) mass is 308 g/mol. The summed E-state index contributed by atoms with van der Waals surface area (Å²) in [7, 11) is 0. The Morgan fingerprint density at radius 3 is 2.57 bits per heavy atom. The molecule has 0 unspecified atom stereocenters. The summed E-state index contributed by atoms with van der Waals surface area (Å²) in [6.45, 7) is 5.03. The minimum atomic E-state index is 0.348. The number of rotatable bonds is 5. The average molecular weight is 308 g/mol. The minimum absolute atomic E-state index is 0.348. The van der Waals surface area contributed by atoms with Gasteiger partial charge in [0.1, 0.15) is 11.4 Å². The molecule has 2 N–H and O–H groups in total. The van der Waals surface area contributed by atoms with Gasteiger partial charge in [-0.1, -0.05) is 29.0 Å². The summed E-state index contributed by atoms with van der Waals surface area (Å²) in [4.78, 5) is 0. The van der Waals surface area contributed by atoms with E-state index in [-0.39, 0.29) is 0 Å². The fraction of sp³-hybridized carbons (Fsp3) is 0.222. The van der Waals surface area contributed by atoms with Crippen molar-refractivity contribution in [3.8, 4) is 22.7 Å². The molecule has 118 valence electrons. The van der Waals surface area contributed by atoms with E-state index in [0.29, 0.717) is 13.2 Å². The van der Waals surface area contributed by atoms with E-state index in [2.05, 4.69) is 35.4 Å². The second kappa shape index (κ2) is 6.62. The first-order valence-corrected chi connectivity index (χ1v) is 7.68. The highest BCUT2D eigenvalue weighted by Crippen LogP contribution is 2.26. The maximum Gasteiger partial charge on any atom is 0.119 e. The lowest BCUT2D eigenvalue weighted by molar-refractivity contribution is 0.340. The summed E-state index contributed by atoms with van der Waals surface area (Å²) < 4.78 is 7.31. The highest BCUT2D eigenvalue weighted by molar-refractivity contribution is 5.65. The van der Waals surface area contributed by atoms with Gasteiger partial charge in [0, 0.05) is 12.1 Å². The van der Waals surface area contributed by atoms with Crippen LogP contribution in [0.15, 0.2) is 48.5 Å². The van der Waals surface area contributed by atoms with E-state index in [1.807, 2.05) is 41.9 Å². The first-order chi connectivity index (χ1) is 11.2. The van der Waals surface area contributed by atoms with Crippen LogP contribution in [0.4, 0.5) is 0 Å². The maximum atomic E-state index is 5.85. The Labute approximate surface area is 135 Å². The van der Waals surface area contributed by atoms with Gasteiger partial charge in [0.25, 0.3) is 0 Å². The van der Waals surface area contributed by atoms with E-state index in [0.717, 1.165) is 28.4 Å². The van der Waals surface area contributed by atoms with Crippen LogP contribution in [0.25, 0.3) is 16.9 Å². The van der Waals surface area contributed by atoms with E-state index >= 15 is 0 Å². The zero-order chi connectivity index (χ0) is 16.2. The molecule has 2 aromatic carbocycles. The van der Waals surface area contributed by atoms with Crippen molar-refractivity contribution in [1.29, 1.82) is 0 Å². The van der Waals surface area contributed by atoms with Crippen molar-refractivity contribution in [3.63, 3.8) is 0 Å². The normalized spacial score (nSPS) is 10.7. The molecule has 1 heterocycles. The van der Waals surface area contributed by atoms with Crippen LogP contribution in [0, 0.1) is 6.92 Å². The second-order valence-electron chi connectivity index (χ2n) is 5.30.